The Morgan fingerprint density at radius 1 is 1.23 bits per heavy atom. The Bertz CT molecular complexity index is 659. The molecular formula is C18H25NO3. The van der Waals surface area contributed by atoms with Gasteiger partial charge in [0.25, 0.3) is 0 Å². The molecule has 120 valence electrons. The third-order valence-corrected chi connectivity index (χ3v) is 4.01. The predicted molar refractivity (Wildman–Crippen MR) is 89.7 cm³/mol. The van der Waals surface area contributed by atoms with Crippen molar-refractivity contribution in [2.45, 2.75) is 46.1 Å². The van der Waals surface area contributed by atoms with Crippen molar-refractivity contribution in [3.8, 4) is 5.75 Å². The van der Waals surface area contributed by atoms with E-state index in [-0.39, 0.29) is 0 Å². The Hall–Kier alpha value is -1.81. The molecule has 0 unspecified atom stereocenters. The Labute approximate surface area is 131 Å². The van der Waals surface area contributed by atoms with E-state index in [0.29, 0.717) is 24.0 Å². The molecule has 0 bridgehead atoms. The van der Waals surface area contributed by atoms with Gasteiger partial charge < -0.3 is 14.5 Å². The maximum atomic E-state index is 12.0. The maximum absolute atomic E-state index is 12.0. The Morgan fingerprint density at radius 3 is 2.68 bits per heavy atom. The second-order valence-electron chi connectivity index (χ2n) is 5.51. The minimum atomic E-state index is -0.399. The van der Waals surface area contributed by atoms with Gasteiger partial charge in [-0.25, -0.2) is 4.79 Å². The molecule has 0 saturated carbocycles. The monoisotopic (exact) mass is 303 g/mol. The Balaban J connectivity index is 1.96. The van der Waals surface area contributed by atoms with Crippen LogP contribution in [0, 0.1) is 6.92 Å². The Morgan fingerprint density at radius 2 is 1.95 bits per heavy atom. The van der Waals surface area contributed by atoms with Crippen molar-refractivity contribution in [1.82, 2.24) is 5.32 Å². The highest BCUT2D eigenvalue weighted by atomic mass is 16.5. The normalized spacial score (nSPS) is 11.3. The number of benzene rings is 1. The summed E-state index contributed by atoms with van der Waals surface area (Å²) in [6.07, 6.45) is 3.12. The first kappa shape index (κ1) is 16.6. The highest BCUT2D eigenvalue weighted by Gasteiger charge is 2.12. The van der Waals surface area contributed by atoms with E-state index < -0.39 is 5.63 Å². The summed E-state index contributed by atoms with van der Waals surface area (Å²) in [5.41, 5.74) is 1.05. The summed E-state index contributed by atoms with van der Waals surface area (Å²) >= 11 is 0. The van der Waals surface area contributed by atoms with Crippen molar-refractivity contribution >= 4 is 11.0 Å². The predicted octanol–water partition coefficient (Wildman–Crippen LogP) is 3.65. The number of nitrogens with one attached hydrogen (secondary N) is 1. The first-order chi connectivity index (χ1) is 10.7. The molecule has 22 heavy (non-hydrogen) atoms. The van der Waals surface area contributed by atoms with Gasteiger partial charge in [-0.2, -0.15) is 0 Å². The van der Waals surface area contributed by atoms with Crippen molar-refractivity contribution in [1.29, 1.82) is 0 Å². The molecule has 1 aromatic carbocycles. The summed E-state index contributed by atoms with van der Waals surface area (Å²) < 4.78 is 11.0. The van der Waals surface area contributed by atoms with Crippen LogP contribution in [0.2, 0.25) is 0 Å². The summed E-state index contributed by atoms with van der Waals surface area (Å²) in [6.45, 7) is 7.67. The zero-order valence-corrected chi connectivity index (χ0v) is 13.6. The summed E-state index contributed by atoms with van der Waals surface area (Å²) in [6, 6.07) is 8.09. The van der Waals surface area contributed by atoms with Gasteiger partial charge in [0.05, 0.1) is 6.61 Å². The van der Waals surface area contributed by atoms with Crippen LogP contribution < -0.4 is 15.7 Å². The lowest BCUT2D eigenvalue weighted by atomic mass is 10.1. The van der Waals surface area contributed by atoms with Crippen LogP contribution in [0.5, 0.6) is 5.75 Å². The summed E-state index contributed by atoms with van der Waals surface area (Å²) in [7, 11) is 0. The van der Waals surface area contributed by atoms with E-state index in [4.69, 9.17) is 9.15 Å². The molecule has 0 amide bonds. The van der Waals surface area contributed by atoms with Crippen molar-refractivity contribution in [2.75, 3.05) is 13.2 Å². The van der Waals surface area contributed by atoms with Crippen LogP contribution in [0.25, 0.3) is 11.0 Å². The molecule has 0 aliphatic heterocycles. The van der Waals surface area contributed by atoms with E-state index in [1.54, 1.807) is 6.07 Å². The fourth-order valence-corrected chi connectivity index (χ4v) is 2.58. The first-order valence-electron chi connectivity index (χ1n) is 8.06. The third kappa shape index (κ3) is 3.89. The van der Waals surface area contributed by atoms with Gasteiger partial charge in [-0.3, -0.25) is 0 Å². The molecule has 0 saturated heterocycles. The van der Waals surface area contributed by atoms with E-state index >= 15 is 0 Å². The van der Waals surface area contributed by atoms with Crippen molar-refractivity contribution in [2.24, 2.45) is 0 Å². The van der Waals surface area contributed by atoms with Crippen molar-refractivity contribution in [3.63, 3.8) is 0 Å². The fraction of sp³-hybridized carbons (Fsp3) is 0.500. The van der Waals surface area contributed by atoms with E-state index in [1.807, 2.05) is 25.1 Å². The largest absolute Gasteiger partial charge is 0.486 e. The van der Waals surface area contributed by atoms with Gasteiger partial charge in [0.2, 0.25) is 5.75 Å². The van der Waals surface area contributed by atoms with Crippen LogP contribution in [0.15, 0.2) is 33.5 Å². The number of rotatable bonds is 8. The van der Waals surface area contributed by atoms with Crippen molar-refractivity contribution in [3.05, 3.63) is 40.2 Å². The molecule has 0 fully saturated rings. The molecular weight excluding hydrogens is 278 g/mol. The van der Waals surface area contributed by atoms with Crippen LogP contribution in [0.1, 0.15) is 38.7 Å². The van der Waals surface area contributed by atoms with Crippen LogP contribution in [-0.4, -0.2) is 19.2 Å². The van der Waals surface area contributed by atoms with E-state index in [1.165, 1.54) is 0 Å². The quantitative estimate of drug-likeness (QED) is 0.597. The summed E-state index contributed by atoms with van der Waals surface area (Å²) in [5, 5.41) is 4.41. The number of aryl methyl sites for hydroxylation is 1. The zero-order chi connectivity index (χ0) is 15.9. The molecule has 0 atom stereocenters. The van der Waals surface area contributed by atoms with Crippen LogP contribution >= 0.6 is 0 Å². The molecule has 2 rings (SSSR count). The summed E-state index contributed by atoms with van der Waals surface area (Å²) in [5.74, 6) is 0.334. The molecule has 0 radical (unpaired) electrons. The molecule has 0 spiro atoms. The van der Waals surface area contributed by atoms with Gasteiger partial charge in [0, 0.05) is 17.0 Å². The van der Waals surface area contributed by atoms with E-state index in [9.17, 15) is 4.79 Å². The average Bonchev–Trinajstić information content (AvgIpc) is 2.53. The van der Waals surface area contributed by atoms with Gasteiger partial charge in [-0.05, 0) is 38.8 Å². The first-order valence-corrected chi connectivity index (χ1v) is 8.06. The topological polar surface area (TPSA) is 51.5 Å². The highest BCUT2D eigenvalue weighted by molar-refractivity contribution is 5.81. The second kappa shape index (κ2) is 7.99. The molecule has 4 heteroatoms. The van der Waals surface area contributed by atoms with Crippen molar-refractivity contribution < 1.29 is 9.15 Å². The van der Waals surface area contributed by atoms with Crippen LogP contribution in [0.4, 0.5) is 0 Å². The third-order valence-electron chi connectivity index (χ3n) is 4.01. The molecule has 0 aliphatic carbocycles. The number of para-hydroxylation sites is 1. The van der Waals surface area contributed by atoms with E-state index in [2.05, 4.69) is 19.2 Å². The SMILES string of the molecule is CCC(CC)NCCCOc1c(C)c2ccccc2oc1=O. The standard InChI is InChI=1S/C18H25NO3/c1-4-14(5-2)19-11-8-12-21-17-13(3)15-9-6-7-10-16(15)22-18(17)20/h6-7,9-10,14,19H,4-5,8,11-12H2,1-3H3. The van der Waals surface area contributed by atoms with Gasteiger partial charge in [0.1, 0.15) is 5.58 Å². The minimum absolute atomic E-state index is 0.334. The van der Waals surface area contributed by atoms with Crippen LogP contribution in [0.3, 0.4) is 0 Å². The average molecular weight is 303 g/mol. The van der Waals surface area contributed by atoms with Crippen LogP contribution in [-0.2, 0) is 0 Å². The van der Waals surface area contributed by atoms with Gasteiger partial charge in [-0.15, -0.1) is 0 Å². The van der Waals surface area contributed by atoms with Gasteiger partial charge >= 0.3 is 5.63 Å². The molecule has 1 N–H and O–H groups in total. The molecule has 4 nitrogen and oxygen atoms in total. The molecule has 1 aromatic heterocycles. The Kier molecular flexibility index (Phi) is 6.01. The summed E-state index contributed by atoms with van der Waals surface area (Å²) in [4.78, 5) is 12.0. The second-order valence-corrected chi connectivity index (χ2v) is 5.51. The number of ether oxygens (including phenoxy) is 1. The highest BCUT2D eigenvalue weighted by Crippen LogP contribution is 2.23. The van der Waals surface area contributed by atoms with E-state index in [0.717, 1.165) is 36.8 Å². The lowest BCUT2D eigenvalue weighted by Gasteiger charge is -2.14. The van der Waals surface area contributed by atoms with Gasteiger partial charge in [0.15, 0.2) is 0 Å². The zero-order valence-electron chi connectivity index (χ0n) is 13.6. The number of hydrogen-bond acceptors (Lipinski definition) is 4. The fourth-order valence-electron chi connectivity index (χ4n) is 2.58. The smallest absolute Gasteiger partial charge is 0.379 e. The molecule has 0 aliphatic rings. The number of hydrogen-bond donors (Lipinski definition) is 1. The maximum Gasteiger partial charge on any atom is 0.379 e. The molecule has 1 heterocycles. The van der Waals surface area contributed by atoms with Gasteiger partial charge in [-0.1, -0.05) is 32.0 Å². The number of fused-ring (bicyclic) bond motifs is 1. The lowest BCUT2D eigenvalue weighted by Crippen LogP contribution is -2.29. The minimum Gasteiger partial charge on any atom is -0.486 e. The molecule has 2 aromatic rings. The lowest BCUT2D eigenvalue weighted by molar-refractivity contribution is 0.288.